The smallest absolute Gasteiger partial charge is 0.274 e. The van der Waals surface area contributed by atoms with Crippen molar-refractivity contribution in [3.63, 3.8) is 0 Å². The predicted molar refractivity (Wildman–Crippen MR) is 79.7 cm³/mol. The molecule has 2 rings (SSSR count). The molecular weight excluding hydrogens is 273 g/mol. The van der Waals surface area contributed by atoms with Crippen molar-refractivity contribution in [1.29, 1.82) is 0 Å². The van der Waals surface area contributed by atoms with E-state index in [1.54, 1.807) is 0 Å². The molecule has 0 amide bonds. The summed E-state index contributed by atoms with van der Waals surface area (Å²) in [5.74, 6) is -0.447. The van der Waals surface area contributed by atoms with E-state index in [1.165, 1.54) is 12.1 Å². The Morgan fingerprint density at radius 2 is 2.19 bits per heavy atom. The fourth-order valence-corrected chi connectivity index (χ4v) is 2.72. The number of hydrogen-bond donors (Lipinski definition) is 1. The molecule has 1 N–H and O–H groups in total. The third-order valence-corrected chi connectivity index (χ3v) is 3.68. The van der Waals surface area contributed by atoms with Crippen molar-refractivity contribution in [1.82, 2.24) is 10.2 Å². The van der Waals surface area contributed by atoms with Crippen molar-refractivity contribution in [2.75, 3.05) is 26.2 Å². The Morgan fingerprint density at radius 1 is 1.52 bits per heavy atom. The van der Waals surface area contributed by atoms with Gasteiger partial charge in [-0.25, -0.2) is 4.39 Å². The topological polar surface area (TPSA) is 58.4 Å². The molecule has 0 aromatic heterocycles. The van der Waals surface area contributed by atoms with Gasteiger partial charge in [0.05, 0.1) is 10.5 Å². The average Bonchev–Trinajstić information content (AvgIpc) is 2.45. The van der Waals surface area contributed by atoms with Crippen LogP contribution in [0.2, 0.25) is 0 Å². The highest BCUT2D eigenvalue weighted by Gasteiger charge is 2.28. The van der Waals surface area contributed by atoms with E-state index in [2.05, 4.69) is 16.8 Å². The average molecular weight is 293 g/mol. The molecule has 6 heteroatoms. The number of nitro benzene ring substituents is 1. The van der Waals surface area contributed by atoms with Crippen molar-refractivity contribution in [2.45, 2.75) is 19.4 Å². The number of piperazine rings is 1. The highest BCUT2D eigenvalue weighted by molar-refractivity contribution is 5.43. The molecule has 0 bridgehead atoms. The van der Waals surface area contributed by atoms with Gasteiger partial charge in [0.2, 0.25) is 0 Å². The van der Waals surface area contributed by atoms with Crippen LogP contribution in [-0.2, 0) is 0 Å². The first-order valence-electron chi connectivity index (χ1n) is 7.02. The first kappa shape index (κ1) is 15.6. The molecular formula is C15H20FN3O2. The quantitative estimate of drug-likeness (QED) is 0.515. The minimum absolute atomic E-state index is 0.0267. The third-order valence-electron chi connectivity index (χ3n) is 3.68. The van der Waals surface area contributed by atoms with E-state index in [4.69, 9.17) is 0 Å². The molecule has 1 atom stereocenters. The largest absolute Gasteiger partial charge is 0.314 e. The molecule has 1 aromatic rings. The molecule has 0 saturated carbocycles. The summed E-state index contributed by atoms with van der Waals surface area (Å²) in [4.78, 5) is 13.0. The van der Waals surface area contributed by atoms with Gasteiger partial charge in [0, 0.05) is 38.3 Å². The SMILES string of the molecule is C=C(C)C[C@@H](c1cc(F)ccc1[N+](=O)[O-])N1CCNCC1. The molecule has 1 aromatic carbocycles. The zero-order chi connectivity index (χ0) is 15.4. The molecule has 0 radical (unpaired) electrons. The van der Waals surface area contributed by atoms with Gasteiger partial charge in [-0.15, -0.1) is 6.58 Å². The molecule has 0 aliphatic carbocycles. The van der Waals surface area contributed by atoms with Crippen LogP contribution >= 0.6 is 0 Å². The normalized spacial score (nSPS) is 17.4. The highest BCUT2D eigenvalue weighted by atomic mass is 19.1. The van der Waals surface area contributed by atoms with E-state index in [0.717, 1.165) is 37.8 Å². The lowest BCUT2D eigenvalue weighted by molar-refractivity contribution is -0.386. The summed E-state index contributed by atoms with van der Waals surface area (Å²) < 4.78 is 13.6. The highest BCUT2D eigenvalue weighted by Crippen LogP contribution is 2.34. The molecule has 0 unspecified atom stereocenters. The number of hydrogen-bond acceptors (Lipinski definition) is 4. The maximum atomic E-state index is 13.6. The van der Waals surface area contributed by atoms with Crippen LogP contribution in [0.4, 0.5) is 10.1 Å². The van der Waals surface area contributed by atoms with Gasteiger partial charge in [-0.2, -0.15) is 0 Å². The van der Waals surface area contributed by atoms with E-state index in [-0.39, 0.29) is 11.7 Å². The van der Waals surface area contributed by atoms with Gasteiger partial charge in [-0.1, -0.05) is 5.57 Å². The van der Waals surface area contributed by atoms with E-state index in [1.807, 2.05) is 6.92 Å². The Kier molecular flexibility index (Phi) is 5.03. The Bertz CT molecular complexity index is 542. The summed E-state index contributed by atoms with van der Waals surface area (Å²) in [5, 5.41) is 14.5. The Hall–Kier alpha value is -1.79. The second-order valence-corrected chi connectivity index (χ2v) is 5.42. The first-order valence-corrected chi connectivity index (χ1v) is 7.02. The lowest BCUT2D eigenvalue weighted by Gasteiger charge is -2.35. The summed E-state index contributed by atoms with van der Waals surface area (Å²) in [5.41, 5.74) is 1.34. The standard InChI is InChI=1S/C15H20FN3O2/c1-11(2)9-15(18-7-5-17-6-8-18)13-10-12(16)3-4-14(13)19(20)21/h3-4,10,15,17H,1,5-9H2,2H3/t15-/m0/s1. The number of nitrogens with one attached hydrogen (secondary N) is 1. The number of rotatable bonds is 5. The molecule has 0 spiro atoms. The Balaban J connectivity index is 2.41. The van der Waals surface area contributed by atoms with Crippen LogP contribution in [0.15, 0.2) is 30.4 Å². The van der Waals surface area contributed by atoms with Crippen LogP contribution < -0.4 is 5.32 Å². The van der Waals surface area contributed by atoms with Gasteiger partial charge in [-0.05, 0) is 25.5 Å². The van der Waals surface area contributed by atoms with Gasteiger partial charge >= 0.3 is 0 Å². The van der Waals surface area contributed by atoms with E-state index < -0.39 is 10.7 Å². The maximum Gasteiger partial charge on any atom is 0.274 e. The number of nitro groups is 1. The molecule has 114 valence electrons. The first-order chi connectivity index (χ1) is 9.99. The number of halogens is 1. The van der Waals surface area contributed by atoms with Gasteiger partial charge in [0.1, 0.15) is 5.82 Å². The van der Waals surface area contributed by atoms with Gasteiger partial charge in [-0.3, -0.25) is 15.0 Å². The molecule has 1 saturated heterocycles. The van der Waals surface area contributed by atoms with Gasteiger partial charge in [0.15, 0.2) is 0 Å². The van der Waals surface area contributed by atoms with Gasteiger partial charge in [0.25, 0.3) is 5.69 Å². The van der Waals surface area contributed by atoms with Crippen molar-refractivity contribution in [2.24, 2.45) is 0 Å². The summed E-state index contributed by atoms with van der Waals surface area (Å²) >= 11 is 0. The van der Waals surface area contributed by atoms with E-state index in [0.29, 0.717) is 12.0 Å². The van der Waals surface area contributed by atoms with Crippen molar-refractivity contribution < 1.29 is 9.31 Å². The van der Waals surface area contributed by atoms with Crippen molar-refractivity contribution in [3.8, 4) is 0 Å². The second-order valence-electron chi connectivity index (χ2n) is 5.42. The third kappa shape index (κ3) is 3.86. The molecule has 1 fully saturated rings. The lowest BCUT2D eigenvalue weighted by Crippen LogP contribution is -2.45. The zero-order valence-electron chi connectivity index (χ0n) is 12.1. The maximum absolute atomic E-state index is 13.6. The van der Waals surface area contributed by atoms with Crippen LogP contribution in [0, 0.1) is 15.9 Å². The Morgan fingerprint density at radius 3 is 2.76 bits per heavy atom. The van der Waals surface area contributed by atoms with Crippen LogP contribution in [0.3, 0.4) is 0 Å². The monoisotopic (exact) mass is 293 g/mol. The van der Waals surface area contributed by atoms with Crippen molar-refractivity contribution in [3.05, 3.63) is 51.8 Å². The lowest BCUT2D eigenvalue weighted by atomic mass is 9.96. The minimum atomic E-state index is -0.447. The molecule has 1 aliphatic rings. The summed E-state index contributed by atoms with van der Waals surface area (Å²) in [7, 11) is 0. The summed E-state index contributed by atoms with van der Waals surface area (Å²) in [6, 6.07) is 3.46. The van der Waals surface area contributed by atoms with E-state index in [9.17, 15) is 14.5 Å². The van der Waals surface area contributed by atoms with Crippen LogP contribution in [0.25, 0.3) is 0 Å². The fraction of sp³-hybridized carbons (Fsp3) is 0.467. The Labute approximate surface area is 123 Å². The molecule has 1 heterocycles. The number of nitrogens with zero attached hydrogens (tertiary/aromatic N) is 2. The fourth-order valence-electron chi connectivity index (χ4n) is 2.72. The number of benzene rings is 1. The van der Waals surface area contributed by atoms with Crippen LogP contribution in [0.1, 0.15) is 24.9 Å². The second kappa shape index (κ2) is 6.78. The van der Waals surface area contributed by atoms with Crippen molar-refractivity contribution >= 4 is 5.69 Å². The molecule has 5 nitrogen and oxygen atoms in total. The molecule has 1 aliphatic heterocycles. The summed E-state index contributed by atoms with van der Waals surface area (Å²) in [6.07, 6.45) is 0.588. The van der Waals surface area contributed by atoms with Crippen LogP contribution in [0.5, 0.6) is 0 Å². The molecule has 21 heavy (non-hydrogen) atoms. The van der Waals surface area contributed by atoms with Gasteiger partial charge < -0.3 is 5.32 Å². The predicted octanol–water partition coefficient (Wildman–Crippen LogP) is 2.65. The minimum Gasteiger partial charge on any atom is -0.314 e. The summed E-state index contributed by atoms with van der Waals surface area (Å²) in [6.45, 7) is 9.02. The van der Waals surface area contributed by atoms with Crippen LogP contribution in [-0.4, -0.2) is 36.0 Å². The van der Waals surface area contributed by atoms with E-state index >= 15 is 0 Å². The zero-order valence-corrected chi connectivity index (χ0v) is 12.1.